The summed E-state index contributed by atoms with van der Waals surface area (Å²) >= 11 is 5.05. The van der Waals surface area contributed by atoms with E-state index >= 15 is 0 Å². The molecule has 3 aliphatic rings. The second-order valence-corrected chi connectivity index (χ2v) is 25.5. The summed E-state index contributed by atoms with van der Waals surface area (Å²) in [6.45, 7) is 13.6. The summed E-state index contributed by atoms with van der Waals surface area (Å²) in [7, 11) is 0. The van der Waals surface area contributed by atoms with E-state index < -0.39 is 5.31 Å². The van der Waals surface area contributed by atoms with Crippen molar-refractivity contribution >= 4 is 20.8 Å². The Morgan fingerprint density at radius 2 is 0.944 bits per heavy atom. The molecule has 0 radical (unpaired) electrons. The summed E-state index contributed by atoms with van der Waals surface area (Å²) in [5.41, 5.74) is 6.37. The van der Waals surface area contributed by atoms with Crippen LogP contribution >= 0.6 is 20.8 Å². The van der Waals surface area contributed by atoms with Crippen LogP contribution in [0.3, 0.4) is 0 Å². The molecule has 0 spiro atoms. The number of aromatic hydroxyl groups is 1. The van der Waals surface area contributed by atoms with Crippen molar-refractivity contribution < 1.29 is 5.11 Å². The van der Waals surface area contributed by atoms with E-state index in [1.54, 1.807) is 0 Å². The fourth-order valence-electron chi connectivity index (χ4n) is 8.57. The molecule has 0 atom stereocenters. The number of rotatable bonds is 5. The van der Waals surface area contributed by atoms with Crippen LogP contribution in [0.1, 0.15) is 155 Å². The van der Waals surface area contributed by atoms with E-state index in [0.29, 0.717) is 5.75 Å². The Kier molecular flexibility index (Phi) is 8.70. The van der Waals surface area contributed by atoms with Crippen LogP contribution in [0.5, 0.6) is 5.75 Å². The molecule has 0 bridgehead atoms. The predicted octanol–water partition coefficient (Wildman–Crippen LogP) is 11.3. The van der Waals surface area contributed by atoms with E-state index in [-0.39, 0.29) is 10.8 Å². The first-order valence-electron chi connectivity index (χ1n) is 15.4. The van der Waals surface area contributed by atoms with Crippen molar-refractivity contribution in [3.63, 3.8) is 0 Å². The minimum absolute atomic E-state index is 0.0661. The number of phenolic OH excluding ortho intramolecular Hbond substituents is 1. The van der Waals surface area contributed by atoms with Gasteiger partial charge in [-0.15, -0.1) is 0 Å². The van der Waals surface area contributed by atoms with Crippen molar-refractivity contribution in [2.75, 3.05) is 0 Å². The number of hydrogen-bond acceptors (Lipinski definition) is 1. The zero-order valence-electron chi connectivity index (χ0n) is 24.5. The zero-order chi connectivity index (χ0) is 26.2. The van der Waals surface area contributed by atoms with Crippen LogP contribution in [0.15, 0.2) is 12.1 Å². The van der Waals surface area contributed by atoms with E-state index in [1.165, 1.54) is 108 Å². The van der Waals surface area contributed by atoms with Gasteiger partial charge in [0.05, 0.1) is 0 Å². The van der Waals surface area contributed by atoms with Gasteiger partial charge in [-0.25, -0.2) is 0 Å². The van der Waals surface area contributed by atoms with Crippen molar-refractivity contribution in [3.8, 4) is 5.75 Å². The van der Waals surface area contributed by atoms with Crippen molar-refractivity contribution in [1.82, 2.24) is 0 Å². The summed E-state index contributed by atoms with van der Waals surface area (Å²) in [6.07, 6.45) is 22.9. The molecule has 3 heteroatoms. The van der Waals surface area contributed by atoms with Gasteiger partial charge in [0.15, 0.2) is 0 Å². The third kappa shape index (κ3) is 5.48. The first kappa shape index (κ1) is 28.9. The van der Waals surface area contributed by atoms with E-state index in [1.807, 2.05) is 0 Å². The standard InChI is InChI=1S/C33H56BrOP/c1-32(2,3)29-22-25(23-30(31(29)35)33(4,5)6)24-36(34,26-16-10-7-11-17-26,27-18-12-8-13-19-27)28-20-14-9-15-21-28/h22-23,26-28,35H,7-21,24H2,1-6H3. The van der Waals surface area contributed by atoms with E-state index in [2.05, 4.69) is 53.7 Å². The van der Waals surface area contributed by atoms with Gasteiger partial charge in [0, 0.05) is 0 Å². The molecule has 0 saturated heterocycles. The van der Waals surface area contributed by atoms with Gasteiger partial charge in [-0.05, 0) is 0 Å². The third-order valence-electron chi connectivity index (χ3n) is 10.5. The molecule has 3 fully saturated rings. The molecule has 0 aromatic heterocycles. The van der Waals surface area contributed by atoms with E-state index in [9.17, 15) is 5.11 Å². The molecule has 4 rings (SSSR count). The second kappa shape index (κ2) is 10.8. The average Bonchev–Trinajstić information content (AvgIpc) is 2.85. The van der Waals surface area contributed by atoms with Crippen LogP contribution in [0, 0.1) is 0 Å². The Morgan fingerprint density at radius 1 is 0.639 bits per heavy atom. The predicted molar refractivity (Wildman–Crippen MR) is 166 cm³/mol. The molecule has 1 nitrogen and oxygen atoms in total. The topological polar surface area (TPSA) is 20.2 Å². The molecule has 0 aliphatic heterocycles. The third-order valence-corrected chi connectivity index (χ3v) is 23.9. The molecule has 1 aromatic rings. The first-order chi connectivity index (χ1) is 16.9. The normalized spacial score (nSPS) is 23.4. The van der Waals surface area contributed by atoms with Crippen LogP contribution in [0.25, 0.3) is 0 Å². The molecule has 0 heterocycles. The fourth-order valence-corrected chi connectivity index (χ4v) is 21.2. The van der Waals surface area contributed by atoms with E-state index in [4.69, 9.17) is 15.5 Å². The average molecular weight is 580 g/mol. The second-order valence-electron chi connectivity index (χ2n) is 15.0. The first-order valence-corrected chi connectivity index (χ1v) is 20.1. The molecule has 36 heavy (non-hydrogen) atoms. The zero-order valence-corrected chi connectivity index (χ0v) is 27.0. The summed E-state index contributed by atoms with van der Waals surface area (Å²) in [5, 5.41) is 9.18. The molecular formula is C33H56BrOP. The molecular weight excluding hydrogens is 523 g/mol. The Morgan fingerprint density at radius 3 is 1.22 bits per heavy atom. The van der Waals surface area contributed by atoms with Crippen molar-refractivity contribution in [3.05, 3.63) is 28.8 Å². The number of hydrogen-bond donors (Lipinski definition) is 1. The van der Waals surface area contributed by atoms with Crippen LogP contribution in [-0.4, -0.2) is 22.1 Å². The van der Waals surface area contributed by atoms with Crippen LogP contribution in [0.4, 0.5) is 0 Å². The van der Waals surface area contributed by atoms with Crippen molar-refractivity contribution in [2.24, 2.45) is 0 Å². The van der Waals surface area contributed by atoms with Crippen LogP contribution < -0.4 is 0 Å². The van der Waals surface area contributed by atoms with Gasteiger partial charge in [0.1, 0.15) is 0 Å². The number of benzene rings is 1. The van der Waals surface area contributed by atoms with Gasteiger partial charge in [-0.2, -0.15) is 0 Å². The SMILES string of the molecule is CC(C)(C)c1cc(CP(Br)(C2CCCCC2)(C2CCCCC2)C2CCCCC2)cc(C(C)(C)C)c1O. The van der Waals surface area contributed by atoms with Gasteiger partial charge in [-0.3, -0.25) is 0 Å². The van der Waals surface area contributed by atoms with Gasteiger partial charge in [0.2, 0.25) is 0 Å². The molecule has 1 N–H and O–H groups in total. The molecule has 3 aliphatic carbocycles. The Hall–Kier alpha value is -0.0700. The molecule has 0 amide bonds. The van der Waals surface area contributed by atoms with Gasteiger partial charge in [-0.1, -0.05) is 0 Å². The van der Waals surface area contributed by atoms with Gasteiger partial charge in [0.25, 0.3) is 0 Å². The Labute approximate surface area is 231 Å². The maximum absolute atomic E-state index is 11.5. The van der Waals surface area contributed by atoms with Crippen molar-refractivity contribution in [1.29, 1.82) is 0 Å². The Balaban J connectivity index is 1.93. The Bertz CT molecular complexity index is 806. The maximum atomic E-state index is 11.5. The summed E-state index contributed by atoms with van der Waals surface area (Å²) in [6, 6.07) is 4.89. The molecule has 206 valence electrons. The molecule has 3 saturated carbocycles. The summed E-state index contributed by atoms with van der Waals surface area (Å²) < 4.78 is 0. The summed E-state index contributed by atoms with van der Waals surface area (Å²) in [5.74, 6) is 0.543. The van der Waals surface area contributed by atoms with Crippen molar-refractivity contribution in [2.45, 2.75) is 172 Å². The minimum atomic E-state index is -2.31. The van der Waals surface area contributed by atoms with Gasteiger partial charge >= 0.3 is 232 Å². The van der Waals surface area contributed by atoms with Crippen LogP contribution in [-0.2, 0) is 17.0 Å². The van der Waals surface area contributed by atoms with Gasteiger partial charge < -0.3 is 0 Å². The van der Waals surface area contributed by atoms with Crippen LogP contribution in [0.2, 0.25) is 0 Å². The number of phenols is 1. The molecule has 1 aromatic carbocycles. The van der Waals surface area contributed by atoms with E-state index in [0.717, 1.165) is 28.1 Å². The number of halogens is 1. The quantitative estimate of drug-likeness (QED) is 0.344. The monoisotopic (exact) mass is 578 g/mol. The molecule has 0 unspecified atom stereocenters. The summed E-state index contributed by atoms with van der Waals surface area (Å²) in [4.78, 5) is 0. The fraction of sp³-hybridized carbons (Fsp3) is 0.818.